The Morgan fingerprint density at radius 3 is 2.35 bits per heavy atom. The van der Waals surface area contributed by atoms with Gasteiger partial charge in [-0.15, -0.1) is 0 Å². The van der Waals surface area contributed by atoms with Crippen molar-refractivity contribution < 1.29 is 19.0 Å². The molecular formula is C16H15FO3. The highest BCUT2D eigenvalue weighted by Crippen LogP contribution is 2.18. The minimum Gasteiger partial charge on any atom is -0.489 e. The van der Waals surface area contributed by atoms with Gasteiger partial charge >= 0.3 is 0 Å². The molecule has 0 aliphatic carbocycles. The maximum absolute atomic E-state index is 13.6. The van der Waals surface area contributed by atoms with E-state index in [1.807, 2.05) is 12.1 Å². The van der Waals surface area contributed by atoms with Gasteiger partial charge in [0.1, 0.15) is 18.2 Å². The third-order valence-electron chi connectivity index (χ3n) is 2.93. The van der Waals surface area contributed by atoms with Crippen LogP contribution in [0.1, 0.15) is 28.4 Å². The summed E-state index contributed by atoms with van der Waals surface area (Å²) in [4.78, 5) is 11.1. The van der Waals surface area contributed by atoms with E-state index in [0.29, 0.717) is 12.4 Å². The van der Waals surface area contributed by atoms with E-state index < -0.39 is 5.82 Å². The average molecular weight is 274 g/mol. The molecule has 0 fully saturated rings. The third-order valence-corrected chi connectivity index (χ3v) is 2.93. The van der Waals surface area contributed by atoms with Gasteiger partial charge in [0.15, 0.2) is 5.78 Å². The average Bonchev–Trinajstić information content (AvgIpc) is 2.45. The Balaban J connectivity index is 2.03. The Labute approximate surface area is 116 Å². The van der Waals surface area contributed by atoms with Crippen molar-refractivity contribution in [2.75, 3.05) is 0 Å². The molecule has 0 aromatic heterocycles. The van der Waals surface area contributed by atoms with Gasteiger partial charge in [-0.1, -0.05) is 24.3 Å². The quantitative estimate of drug-likeness (QED) is 0.852. The van der Waals surface area contributed by atoms with Crippen molar-refractivity contribution in [2.45, 2.75) is 20.1 Å². The lowest BCUT2D eigenvalue weighted by Gasteiger charge is -2.08. The van der Waals surface area contributed by atoms with Gasteiger partial charge in [-0.25, -0.2) is 4.39 Å². The summed E-state index contributed by atoms with van der Waals surface area (Å²) in [5.74, 6) is -0.516. The van der Waals surface area contributed by atoms with Crippen LogP contribution in [-0.4, -0.2) is 10.9 Å². The van der Waals surface area contributed by atoms with Gasteiger partial charge in [-0.2, -0.15) is 0 Å². The molecular weight excluding hydrogens is 259 g/mol. The lowest BCUT2D eigenvalue weighted by atomic mass is 10.1. The molecule has 20 heavy (non-hydrogen) atoms. The zero-order valence-corrected chi connectivity index (χ0v) is 11.1. The summed E-state index contributed by atoms with van der Waals surface area (Å²) in [6, 6.07) is 11.5. The number of ketones is 1. The second-order valence-corrected chi connectivity index (χ2v) is 4.46. The molecule has 0 saturated heterocycles. The molecule has 0 unspecified atom stereocenters. The Morgan fingerprint density at radius 2 is 1.80 bits per heavy atom. The van der Waals surface area contributed by atoms with Crippen LogP contribution >= 0.6 is 0 Å². The van der Waals surface area contributed by atoms with Crippen LogP contribution in [0.4, 0.5) is 4.39 Å². The number of Topliss-reactive ketones (excluding diaryl/α,β-unsaturated/α-hetero) is 1. The standard InChI is InChI=1S/C16H15FO3/c1-11(19)15-7-6-14(8-16(15)17)20-10-13-4-2-12(9-18)3-5-13/h2-8,18H,9-10H2,1H3. The van der Waals surface area contributed by atoms with Crippen LogP contribution < -0.4 is 4.74 Å². The second-order valence-electron chi connectivity index (χ2n) is 4.46. The van der Waals surface area contributed by atoms with Gasteiger partial charge in [-0.05, 0) is 30.2 Å². The summed E-state index contributed by atoms with van der Waals surface area (Å²) in [7, 11) is 0. The van der Waals surface area contributed by atoms with Crippen LogP contribution in [-0.2, 0) is 13.2 Å². The largest absolute Gasteiger partial charge is 0.489 e. The van der Waals surface area contributed by atoms with Crippen LogP contribution in [0.25, 0.3) is 0 Å². The molecule has 4 heteroatoms. The molecule has 0 atom stereocenters. The van der Waals surface area contributed by atoms with E-state index in [-0.39, 0.29) is 18.0 Å². The summed E-state index contributed by atoms with van der Waals surface area (Å²) in [5.41, 5.74) is 1.80. The number of halogens is 1. The highest BCUT2D eigenvalue weighted by molar-refractivity contribution is 5.94. The Hall–Kier alpha value is -2.20. The van der Waals surface area contributed by atoms with Crippen LogP contribution in [0.3, 0.4) is 0 Å². The lowest BCUT2D eigenvalue weighted by molar-refractivity contribution is 0.101. The van der Waals surface area contributed by atoms with Crippen molar-refractivity contribution >= 4 is 5.78 Å². The fourth-order valence-corrected chi connectivity index (χ4v) is 1.78. The molecule has 104 valence electrons. The number of hydrogen-bond acceptors (Lipinski definition) is 3. The van der Waals surface area contributed by atoms with Crippen LogP contribution in [0.5, 0.6) is 5.75 Å². The number of aliphatic hydroxyl groups is 1. The predicted molar refractivity (Wildman–Crippen MR) is 73.1 cm³/mol. The Morgan fingerprint density at radius 1 is 1.15 bits per heavy atom. The van der Waals surface area contributed by atoms with Crippen LogP contribution in [0.2, 0.25) is 0 Å². The highest BCUT2D eigenvalue weighted by atomic mass is 19.1. The molecule has 0 radical (unpaired) electrons. The van der Waals surface area contributed by atoms with Crippen LogP contribution in [0.15, 0.2) is 42.5 Å². The topological polar surface area (TPSA) is 46.5 Å². The van der Waals surface area contributed by atoms with Gasteiger partial charge in [0.25, 0.3) is 0 Å². The fraction of sp³-hybridized carbons (Fsp3) is 0.188. The lowest BCUT2D eigenvalue weighted by Crippen LogP contribution is -2.00. The zero-order chi connectivity index (χ0) is 14.5. The number of aliphatic hydroxyl groups excluding tert-OH is 1. The normalized spacial score (nSPS) is 10.3. The van der Waals surface area contributed by atoms with Gasteiger partial charge in [0.2, 0.25) is 0 Å². The van der Waals surface area contributed by atoms with Crippen molar-refractivity contribution in [1.29, 1.82) is 0 Å². The number of carbonyl (C=O) groups excluding carboxylic acids is 1. The van der Waals surface area contributed by atoms with Gasteiger partial charge in [0, 0.05) is 6.07 Å². The molecule has 0 heterocycles. The Kier molecular flexibility index (Phi) is 4.48. The molecule has 2 aromatic carbocycles. The summed E-state index contributed by atoms with van der Waals surface area (Å²) >= 11 is 0. The first-order valence-electron chi connectivity index (χ1n) is 6.22. The van der Waals surface area contributed by atoms with Crippen molar-refractivity contribution in [3.63, 3.8) is 0 Å². The minimum absolute atomic E-state index is 0.00113. The summed E-state index contributed by atoms with van der Waals surface area (Å²) in [5, 5.41) is 8.94. The molecule has 0 amide bonds. The highest BCUT2D eigenvalue weighted by Gasteiger charge is 2.08. The minimum atomic E-state index is -0.578. The number of hydrogen-bond donors (Lipinski definition) is 1. The number of benzene rings is 2. The van der Waals surface area contributed by atoms with Gasteiger partial charge in [0.05, 0.1) is 12.2 Å². The molecule has 0 aliphatic heterocycles. The van der Waals surface area contributed by atoms with E-state index >= 15 is 0 Å². The molecule has 0 saturated carbocycles. The summed E-state index contributed by atoms with van der Waals surface area (Å²) < 4.78 is 19.1. The SMILES string of the molecule is CC(=O)c1ccc(OCc2ccc(CO)cc2)cc1F. The van der Waals surface area contributed by atoms with Crippen molar-refractivity contribution in [3.8, 4) is 5.75 Å². The van der Waals surface area contributed by atoms with E-state index in [4.69, 9.17) is 9.84 Å². The predicted octanol–water partition coefficient (Wildman–Crippen LogP) is 3.10. The maximum Gasteiger partial charge on any atom is 0.162 e. The van der Waals surface area contributed by atoms with Crippen molar-refractivity contribution in [3.05, 3.63) is 65.0 Å². The molecule has 3 nitrogen and oxygen atoms in total. The maximum atomic E-state index is 13.6. The summed E-state index contributed by atoms with van der Waals surface area (Å²) in [6.07, 6.45) is 0. The first kappa shape index (κ1) is 14.2. The first-order chi connectivity index (χ1) is 9.60. The number of ether oxygens (including phenoxy) is 1. The zero-order valence-electron chi connectivity index (χ0n) is 11.1. The molecule has 0 aliphatic rings. The third kappa shape index (κ3) is 3.42. The molecule has 0 spiro atoms. The van der Waals surface area contributed by atoms with Crippen molar-refractivity contribution in [1.82, 2.24) is 0 Å². The first-order valence-corrected chi connectivity index (χ1v) is 6.22. The van der Waals surface area contributed by atoms with Gasteiger partial charge < -0.3 is 9.84 Å². The monoisotopic (exact) mass is 274 g/mol. The summed E-state index contributed by atoms with van der Waals surface area (Å²) in [6.45, 7) is 1.62. The smallest absolute Gasteiger partial charge is 0.162 e. The Bertz CT molecular complexity index is 606. The van der Waals surface area contributed by atoms with E-state index in [2.05, 4.69) is 0 Å². The fourth-order valence-electron chi connectivity index (χ4n) is 1.78. The van der Waals surface area contributed by atoms with Crippen LogP contribution in [0, 0.1) is 5.82 Å². The molecule has 0 bridgehead atoms. The number of carbonyl (C=O) groups is 1. The van der Waals surface area contributed by atoms with E-state index in [1.165, 1.54) is 19.1 Å². The second kappa shape index (κ2) is 6.30. The van der Waals surface area contributed by atoms with Gasteiger partial charge in [-0.3, -0.25) is 4.79 Å². The van der Waals surface area contributed by atoms with Crippen molar-refractivity contribution in [2.24, 2.45) is 0 Å². The van der Waals surface area contributed by atoms with E-state index in [9.17, 15) is 9.18 Å². The van der Waals surface area contributed by atoms with E-state index in [0.717, 1.165) is 11.1 Å². The molecule has 2 rings (SSSR count). The molecule has 1 N–H and O–H groups in total. The van der Waals surface area contributed by atoms with E-state index in [1.54, 1.807) is 18.2 Å². The molecule has 2 aromatic rings. The number of rotatable bonds is 5.